The number of aromatic amines is 1. The van der Waals surface area contributed by atoms with Crippen molar-refractivity contribution in [2.45, 2.75) is 31.6 Å². The van der Waals surface area contributed by atoms with Crippen LogP contribution in [0.1, 0.15) is 36.3 Å². The molecule has 0 saturated heterocycles. The number of anilines is 1. The average molecular weight is 403 g/mol. The normalized spacial score (nSPS) is 13.7. The predicted octanol–water partition coefficient (Wildman–Crippen LogP) is 3.92. The summed E-state index contributed by atoms with van der Waals surface area (Å²) >= 11 is 0. The number of nitrogens with zero attached hydrogens (tertiary/aromatic N) is 2. The van der Waals surface area contributed by atoms with E-state index in [0.717, 1.165) is 17.7 Å². The highest BCUT2D eigenvalue weighted by Gasteiger charge is 2.30. The summed E-state index contributed by atoms with van der Waals surface area (Å²) in [7, 11) is 0. The highest BCUT2D eigenvalue weighted by Crippen LogP contribution is 2.30. The van der Waals surface area contributed by atoms with Crippen LogP contribution >= 0.6 is 0 Å². The van der Waals surface area contributed by atoms with Crippen molar-refractivity contribution in [3.05, 3.63) is 77.9 Å². The Bertz CT molecular complexity index is 929. The minimum Gasteiger partial charge on any atom is -0.326 e. The summed E-state index contributed by atoms with van der Waals surface area (Å²) in [6.07, 6.45) is -3.00. The van der Waals surface area contributed by atoms with Crippen LogP contribution < -0.4 is 10.6 Å². The number of amides is 1. The van der Waals surface area contributed by atoms with Crippen LogP contribution in [-0.4, -0.2) is 27.1 Å². The molecule has 1 heterocycles. The van der Waals surface area contributed by atoms with Crippen molar-refractivity contribution in [3.63, 3.8) is 0 Å². The molecule has 0 aliphatic rings. The molecule has 0 fully saturated rings. The van der Waals surface area contributed by atoms with Crippen molar-refractivity contribution in [1.29, 1.82) is 0 Å². The highest BCUT2D eigenvalue weighted by atomic mass is 19.4. The van der Waals surface area contributed by atoms with E-state index >= 15 is 0 Å². The molecule has 0 radical (unpaired) electrons. The summed E-state index contributed by atoms with van der Waals surface area (Å²) in [5, 5.41) is 12.5. The molecule has 0 spiro atoms. The topological polar surface area (TPSA) is 82.7 Å². The molecule has 6 nitrogen and oxygen atoms in total. The SMILES string of the molecule is CC(CC(=O)Nc1cccc(C(F)(F)F)c1)NC(c1ccccc1)c1ncn[nH]1. The molecular formula is C20H20F3N5O. The van der Waals surface area contributed by atoms with E-state index in [4.69, 9.17) is 0 Å². The van der Waals surface area contributed by atoms with Crippen LogP contribution in [0, 0.1) is 0 Å². The second-order valence-electron chi connectivity index (χ2n) is 6.61. The van der Waals surface area contributed by atoms with Gasteiger partial charge in [0.2, 0.25) is 5.91 Å². The largest absolute Gasteiger partial charge is 0.416 e. The third-order valence-electron chi connectivity index (χ3n) is 4.26. The number of benzene rings is 2. The molecule has 2 atom stereocenters. The molecule has 9 heteroatoms. The fourth-order valence-corrected chi connectivity index (χ4v) is 2.94. The van der Waals surface area contributed by atoms with Gasteiger partial charge < -0.3 is 10.6 Å². The van der Waals surface area contributed by atoms with E-state index in [2.05, 4.69) is 25.8 Å². The second-order valence-corrected chi connectivity index (χ2v) is 6.61. The molecular weight excluding hydrogens is 383 g/mol. The third kappa shape index (κ3) is 5.64. The first kappa shape index (κ1) is 20.5. The Kier molecular flexibility index (Phi) is 6.28. The first-order valence-corrected chi connectivity index (χ1v) is 8.96. The van der Waals surface area contributed by atoms with Crippen LogP contribution in [0.25, 0.3) is 0 Å². The fourth-order valence-electron chi connectivity index (χ4n) is 2.94. The number of rotatable bonds is 7. The molecule has 3 rings (SSSR count). The molecule has 1 amide bonds. The summed E-state index contributed by atoms with van der Waals surface area (Å²) < 4.78 is 38.5. The maximum Gasteiger partial charge on any atom is 0.416 e. The van der Waals surface area contributed by atoms with E-state index in [1.807, 2.05) is 37.3 Å². The van der Waals surface area contributed by atoms with Crippen LogP contribution in [0.2, 0.25) is 0 Å². The zero-order valence-corrected chi connectivity index (χ0v) is 15.6. The highest BCUT2D eigenvalue weighted by molar-refractivity contribution is 5.91. The van der Waals surface area contributed by atoms with Crippen molar-refractivity contribution >= 4 is 11.6 Å². The van der Waals surface area contributed by atoms with Gasteiger partial charge >= 0.3 is 6.18 Å². The molecule has 152 valence electrons. The third-order valence-corrected chi connectivity index (χ3v) is 4.26. The van der Waals surface area contributed by atoms with Gasteiger partial charge in [-0.25, -0.2) is 4.98 Å². The number of alkyl halides is 3. The Morgan fingerprint density at radius 3 is 2.55 bits per heavy atom. The molecule has 0 aliphatic carbocycles. The fraction of sp³-hybridized carbons (Fsp3) is 0.250. The van der Waals surface area contributed by atoms with Gasteiger partial charge in [-0.3, -0.25) is 9.89 Å². The number of carbonyl (C=O) groups excluding carboxylic acids is 1. The number of halogens is 3. The molecule has 0 bridgehead atoms. The second kappa shape index (κ2) is 8.87. The average Bonchev–Trinajstić information content (AvgIpc) is 3.20. The summed E-state index contributed by atoms with van der Waals surface area (Å²) in [6, 6.07) is 13.5. The lowest BCUT2D eigenvalue weighted by Gasteiger charge is -2.22. The molecule has 2 unspecified atom stereocenters. The molecule has 1 aromatic heterocycles. The summed E-state index contributed by atoms with van der Waals surface area (Å²) in [5.41, 5.74) is 0.234. The van der Waals surface area contributed by atoms with Gasteiger partial charge in [-0.05, 0) is 30.7 Å². The maximum atomic E-state index is 12.8. The number of aromatic nitrogens is 3. The van der Waals surface area contributed by atoms with Gasteiger partial charge in [0.05, 0.1) is 11.6 Å². The summed E-state index contributed by atoms with van der Waals surface area (Å²) in [6.45, 7) is 1.82. The van der Waals surface area contributed by atoms with Gasteiger partial charge in [0.15, 0.2) is 0 Å². The summed E-state index contributed by atoms with van der Waals surface area (Å²) in [4.78, 5) is 16.5. The number of carbonyl (C=O) groups is 1. The Labute approximate surface area is 165 Å². The number of H-pyrrole nitrogens is 1. The van der Waals surface area contributed by atoms with Crippen LogP contribution in [-0.2, 0) is 11.0 Å². The van der Waals surface area contributed by atoms with Crippen LogP contribution in [0.5, 0.6) is 0 Å². The Balaban J connectivity index is 1.64. The van der Waals surface area contributed by atoms with E-state index < -0.39 is 17.6 Å². The molecule has 29 heavy (non-hydrogen) atoms. The number of hydrogen-bond acceptors (Lipinski definition) is 4. The van der Waals surface area contributed by atoms with Gasteiger partial charge in [-0.2, -0.15) is 18.3 Å². The minimum atomic E-state index is -4.46. The monoisotopic (exact) mass is 403 g/mol. The van der Waals surface area contributed by atoms with E-state index in [1.165, 1.54) is 18.5 Å². The van der Waals surface area contributed by atoms with Crippen molar-refractivity contribution in [2.75, 3.05) is 5.32 Å². The minimum absolute atomic E-state index is 0.0632. The Morgan fingerprint density at radius 1 is 1.14 bits per heavy atom. The van der Waals surface area contributed by atoms with Gasteiger partial charge in [0.25, 0.3) is 0 Å². The van der Waals surface area contributed by atoms with Crippen molar-refractivity contribution in [2.24, 2.45) is 0 Å². The first-order chi connectivity index (χ1) is 13.8. The van der Waals surface area contributed by atoms with Crippen LogP contribution in [0.15, 0.2) is 60.9 Å². The number of nitrogens with one attached hydrogen (secondary N) is 3. The quantitative estimate of drug-likeness (QED) is 0.558. The van der Waals surface area contributed by atoms with E-state index in [-0.39, 0.29) is 24.2 Å². The summed E-state index contributed by atoms with van der Waals surface area (Å²) in [5.74, 6) is 0.204. The zero-order valence-electron chi connectivity index (χ0n) is 15.6. The van der Waals surface area contributed by atoms with Gasteiger partial charge in [0, 0.05) is 18.2 Å². The predicted molar refractivity (Wildman–Crippen MR) is 102 cm³/mol. The Morgan fingerprint density at radius 2 is 1.90 bits per heavy atom. The molecule has 3 N–H and O–H groups in total. The van der Waals surface area contributed by atoms with E-state index in [0.29, 0.717) is 5.82 Å². The van der Waals surface area contributed by atoms with Crippen LogP contribution in [0.3, 0.4) is 0 Å². The molecule has 2 aromatic carbocycles. The maximum absolute atomic E-state index is 12.8. The van der Waals surface area contributed by atoms with Crippen molar-refractivity contribution in [3.8, 4) is 0 Å². The van der Waals surface area contributed by atoms with Gasteiger partial charge in [-0.1, -0.05) is 36.4 Å². The lowest BCUT2D eigenvalue weighted by molar-refractivity contribution is -0.137. The van der Waals surface area contributed by atoms with E-state index in [1.54, 1.807) is 0 Å². The van der Waals surface area contributed by atoms with Crippen molar-refractivity contribution in [1.82, 2.24) is 20.5 Å². The van der Waals surface area contributed by atoms with E-state index in [9.17, 15) is 18.0 Å². The first-order valence-electron chi connectivity index (χ1n) is 8.96. The smallest absolute Gasteiger partial charge is 0.326 e. The lowest BCUT2D eigenvalue weighted by atomic mass is 10.0. The molecule has 0 aliphatic heterocycles. The van der Waals surface area contributed by atoms with Gasteiger partial charge in [-0.15, -0.1) is 0 Å². The zero-order chi connectivity index (χ0) is 20.9. The van der Waals surface area contributed by atoms with Gasteiger partial charge in [0.1, 0.15) is 12.2 Å². The lowest BCUT2D eigenvalue weighted by Crippen LogP contribution is -2.35. The Hall–Kier alpha value is -3.20. The molecule has 3 aromatic rings. The number of hydrogen-bond donors (Lipinski definition) is 3. The van der Waals surface area contributed by atoms with Crippen molar-refractivity contribution < 1.29 is 18.0 Å². The standard InChI is InChI=1S/C20H20F3N5O/c1-13(10-17(29)27-16-9-5-8-15(11-16)20(21,22)23)26-18(19-24-12-25-28-19)14-6-3-2-4-7-14/h2-9,11-13,18,26H,10H2,1H3,(H,27,29)(H,24,25,28). The molecule has 0 saturated carbocycles. The van der Waals surface area contributed by atoms with Crippen LogP contribution in [0.4, 0.5) is 18.9 Å².